The van der Waals surface area contributed by atoms with Gasteiger partial charge in [-0.25, -0.2) is 0 Å². The van der Waals surface area contributed by atoms with Gasteiger partial charge in [0, 0.05) is 24.4 Å². The van der Waals surface area contributed by atoms with Crippen molar-refractivity contribution in [3.05, 3.63) is 46.7 Å². The number of aliphatic hydroxyl groups excluding tert-OH is 1. The molecule has 18 heavy (non-hydrogen) atoms. The molecule has 0 amide bonds. The number of rotatable bonds is 3. The molecule has 3 aromatic rings. The Morgan fingerprint density at radius 1 is 0.889 bits per heavy atom. The Hall–Kier alpha value is -0.940. The van der Waals surface area contributed by atoms with Gasteiger partial charge in [-0.05, 0) is 42.6 Å². The van der Waals surface area contributed by atoms with Crippen molar-refractivity contribution in [2.75, 3.05) is 0 Å². The van der Waals surface area contributed by atoms with Crippen molar-refractivity contribution in [2.45, 2.75) is 13.0 Å². The van der Waals surface area contributed by atoms with Gasteiger partial charge in [-0.3, -0.25) is 0 Å². The fourth-order valence-electron chi connectivity index (χ4n) is 1.73. The summed E-state index contributed by atoms with van der Waals surface area (Å²) in [7, 11) is 0. The predicted molar refractivity (Wildman–Crippen MR) is 81.6 cm³/mol. The van der Waals surface area contributed by atoms with Crippen LogP contribution in [-0.2, 0) is 0 Å². The van der Waals surface area contributed by atoms with E-state index in [4.69, 9.17) is 0 Å². The molecule has 0 radical (unpaired) electrons. The van der Waals surface area contributed by atoms with Crippen LogP contribution in [0.5, 0.6) is 0 Å². The maximum absolute atomic E-state index is 9.55. The highest BCUT2D eigenvalue weighted by molar-refractivity contribution is 7.26. The maximum Gasteiger partial charge on any atom is 0.0854 e. The lowest BCUT2D eigenvalue weighted by molar-refractivity contribution is 0.203. The molecule has 1 N–H and O–H groups in total. The Balaban J connectivity index is 1.93. The number of thiophene rings is 3. The van der Waals surface area contributed by atoms with Crippen LogP contribution in [0.25, 0.3) is 19.5 Å². The quantitative estimate of drug-likeness (QED) is 0.698. The SMILES string of the molecule is CC(O)c1ccc(-c2ccc(-c3cccs3)s2)s1. The smallest absolute Gasteiger partial charge is 0.0854 e. The fourth-order valence-corrected chi connectivity index (χ4v) is 4.61. The minimum atomic E-state index is -0.375. The molecule has 0 aromatic carbocycles. The maximum atomic E-state index is 9.55. The molecule has 0 fully saturated rings. The van der Waals surface area contributed by atoms with Crippen LogP contribution in [0.4, 0.5) is 0 Å². The summed E-state index contributed by atoms with van der Waals surface area (Å²) < 4.78 is 0. The van der Waals surface area contributed by atoms with Gasteiger partial charge in [0.25, 0.3) is 0 Å². The molecule has 0 aliphatic rings. The summed E-state index contributed by atoms with van der Waals surface area (Å²) in [5.74, 6) is 0. The molecule has 0 saturated carbocycles. The largest absolute Gasteiger partial charge is 0.388 e. The van der Waals surface area contributed by atoms with E-state index in [0.29, 0.717) is 0 Å². The molecule has 4 heteroatoms. The standard InChI is InChI=1S/C14H12OS3/c1-9(15)10-4-5-13(17-10)14-7-6-12(18-14)11-3-2-8-16-11/h2-9,15H,1H3. The van der Waals surface area contributed by atoms with Crippen molar-refractivity contribution in [3.63, 3.8) is 0 Å². The molecule has 1 nitrogen and oxygen atoms in total. The average Bonchev–Trinajstić information content (AvgIpc) is 3.10. The van der Waals surface area contributed by atoms with Crippen LogP contribution in [0, 0.1) is 0 Å². The van der Waals surface area contributed by atoms with E-state index in [1.54, 1.807) is 29.6 Å². The second-order valence-corrected chi connectivity index (χ2v) is 7.17. The molecule has 1 unspecified atom stereocenters. The van der Waals surface area contributed by atoms with Crippen molar-refractivity contribution in [3.8, 4) is 19.5 Å². The monoisotopic (exact) mass is 292 g/mol. The van der Waals surface area contributed by atoms with E-state index in [-0.39, 0.29) is 6.10 Å². The van der Waals surface area contributed by atoms with E-state index in [1.807, 2.05) is 17.4 Å². The van der Waals surface area contributed by atoms with Crippen LogP contribution in [0.2, 0.25) is 0 Å². The van der Waals surface area contributed by atoms with Crippen molar-refractivity contribution >= 4 is 34.0 Å². The Morgan fingerprint density at radius 2 is 1.56 bits per heavy atom. The van der Waals surface area contributed by atoms with Gasteiger partial charge in [0.2, 0.25) is 0 Å². The second kappa shape index (κ2) is 4.97. The van der Waals surface area contributed by atoms with Crippen LogP contribution in [0.3, 0.4) is 0 Å². The zero-order valence-electron chi connectivity index (χ0n) is 9.79. The first kappa shape index (κ1) is 12.1. The van der Waals surface area contributed by atoms with Gasteiger partial charge >= 0.3 is 0 Å². The van der Waals surface area contributed by atoms with Gasteiger partial charge in [-0.1, -0.05) is 6.07 Å². The number of hydrogen-bond donors (Lipinski definition) is 1. The van der Waals surface area contributed by atoms with E-state index in [0.717, 1.165) is 4.88 Å². The topological polar surface area (TPSA) is 20.2 Å². The molecule has 92 valence electrons. The molecule has 0 spiro atoms. The highest BCUT2D eigenvalue weighted by Crippen LogP contribution is 2.39. The van der Waals surface area contributed by atoms with Crippen LogP contribution < -0.4 is 0 Å². The minimum Gasteiger partial charge on any atom is -0.388 e. The summed E-state index contributed by atoms with van der Waals surface area (Å²) in [6.45, 7) is 1.81. The van der Waals surface area contributed by atoms with Crippen molar-refractivity contribution in [1.82, 2.24) is 0 Å². The Labute approximate surface area is 118 Å². The highest BCUT2D eigenvalue weighted by Gasteiger charge is 2.10. The van der Waals surface area contributed by atoms with Crippen molar-refractivity contribution in [1.29, 1.82) is 0 Å². The number of aliphatic hydroxyl groups is 1. The molecule has 3 heterocycles. The molecule has 0 aliphatic carbocycles. The van der Waals surface area contributed by atoms with Gasteiger partial charge in [0.1, 0.15) is 0 Å². The summed E-state index contributed by atoms with van der Waals surface area (Å²) in [6.07, 6.45) is -0.375. The number of hydrogen-bond acceptors (Lipinski definition) is 4. The third-order valence-electron chi connectivity index (χ3n) is 2.65. The lowest BCUT2D eigenvalue weighted by atomic mass is 10.3. The zero-order valence-corrected chi connectivity index (χ0v) is 12.2. The van der Waals surface area contributed by atoms with E-state index in [1.165, 1.54) is 19.5 Å². The first-order valence-electron chi connectivity index (χ1n) is 5.66. The van der Waals surface area contributed by atoms with E-state index in [9.17, 15) is 5.11 Å². The fraction of sp³-hybridized carbons (Fsp3) is 0.143. The molecule has 1 atom stereocenters. The molecule has 0 bridgehead atoms. The van der Waals surface area contributed by atoms with Crippen LogP contribution in [0.1, 0.15) is 17.9 Å². The lowest BCUT2D eigenvalue weighted by Crippen LogP contribution is -1.83. The molecule has 0 aliphatic heterocycles. The van der Waals surface area contributed by atoms with Gasteiger partial charge in [-0.2, -0.15) is 0 Å². The molecule has 0 saturated heterocycles. The first-order chi connectivity index (χ1) is 8.74. The molecule has 3 rings (SSSR count). The Bertz CT molecular complexity index is 632. The Morgan fingerprint density at radius 3 is 2.17 bits per heavy atom. The lowest BCUT2D eigenvalue weighted by Gasteiger charge is -1.96. The average molecular weight is 292 g/mol. The summed E-state index contributed by atoms with van der Waals surface area (Å²) in [5, 5.41) is 11.7. The minimum absolute atomic E-state index is 0.375. The second-order valence-electron chi connectivity index (χ2n) is 4.02. The van der Waals surface area contributed by atoms with E-state index in [2.05, 4.69) is 35.7 Å². The third kappa shape index (κ3) is 2.29. The van der Waals surface area contributed by atoms with Gasteiger partial charge in [-0.15, -0.1) is 34.0 Å². The normalized spacial score (nSPS) is 12.8. The predicted octanol–water partition coefficient (Wildman–Crippen LogP) is 5.26. The van der Waals surface area contributed by atoms with Crippen LogP contribution >= 0.6 is 34.0 Å². The zero-order chi connectivity index (χ0) is 12.5. The van der Waals surface area contributed by atoms with E-state index >= 15 is 0 Å². The summed E-state index contributed by atoms with van der Waals surface area (Å²) in [4.78, 5) is 6.16. The van der Waals surface area contributed by atoms with E-state index < -0.39 is 0 Å². The van der Waals surface area contributed by atoms with Crippen LogP contribution in [-0.4, -0.2) is 5.11 Å². The molecular weight excluding hydrogens is 280 g/mol. The highest BCUT2D eigenvalue weighted by atomic mass is 32.1. The van der Waals surface area contributed by atoms with Gasteiger partial charge in [0.15, 0.2) is 0 Å². The Kier molecular flexibility index (Phi) is 3.35. The first-order valence-corrected chi connectivity index (χ1v) is 8.17. The van der Waals surface area contributed by atoms with Crippen LogP contribution in [0.15, 0.2) is 41.8 Å². The summed E-state index contributed by atoms with van der Waals surface area (Å²) >= 11 is 5.24. The molecular formula is C14H12OS3. The van der Waals surface area contributed by atoms with Gasteiger partial charge in [0.05, 0.1) is 6.10 Å². The summed E-state index contributed by atoms with van der Waals surface area (Å²) in [5.41, 5.74) is 0. The van der Waals surface area contributed by atoms with Crippen molar-refractivity contribution < 1.29 is 5.11 Å². The molecule has 3 aromatic heterocycles. The van der Waals surface area contributed by atoms with Gasteiger partial charge < -0.3 is 5.11 Å². The third-order valence-corrected chi connectivity index (χ3v) is 6.25. The van der Waals surface area contributed by atoms with Crippen molar-refractivity contribution in [2.24, 2.45) is 0 Å². The summed E-state index contributed by atoms with van der Waals surface area (Å²) in [6, 6.07) is 12.7.